The Bertz CT molecular complexity index is 2980. The molecule has 0 saturated carbocycles. The first-order chi connectivity index (χ1) is 34.7. The smallest absolute Gasteiger partial charge is 0.409 e. The summed E-state index contributed by atoms with van der Waals surface area (Å²) in [5, 5.41) is 12.7. The van der Waals surface area contributed by atoms with E-state index < -0.39 is 0 Å². The van der Waals surface area contributed by atoms with E-state index in [-0.39, 0.29) is 35.7 Å². The van der Waals surface area contributed by atoms with Crippen molar-refractivity contribution in [1.29, 1.82) is 0 Å². The first-order valence-corrected chi connectivity index (χ1v) is 26.0. The molecule has 364 valence electrons. The number of hydrogen-bond acceptors (Lipinski definition) is 11. The number of likely N-dealkylation sites (tertiary alicyclic amines) is 1. The second-order valence-corrected chi connectivity index (χ2v) is 19.9. The summed E-state index contributed by atoms with van der Waals surface area (Å²) in [6.45, 7) is 9.77. The van der Waals surface area contributed by atoms with Crippen LogP contribution in [0.4, 0.5) is 25.2 Å². The normalized spacial score (nSPS) is 15.0. The van der Waals surface area contributed by atoms with E-state index in [0.717, 1.165) is 104 Å². The van der Waals surface area contributed by atoms with Crippen LogP contribution in [0.5, 0.6) is 0 Å². The predicted molar refractivity (Wildman–Crippen MR) is 284 cm³/mol. The topological polar surface area (TPSA) is 117 Å². The fourth-order valence-corrected chi connectivity index (χ4v) is 11.5. The second kappa shape index (κ2) is 23.4. The molecule has 3 N–H and O–H groups in total. The van der Waals surface area contributed by atoms with Crippen molar-refractivity contribution in [1.82, 2.24) is 30.2 Å². The summed E-state index contributed by atoms with van der Waals surface area (Å²) in [5.74, 6) is 1.80. The molecule has 2 saturated heterocycles. The molecule has 0 bridgehead atoms. The molecule has 2 fully saturated rings. The average Bonchev–Trinajstić information content (AvgIpc) is 4.07. The number of hydrogen-bond donors (Lipinski definition) is 3. The zero-order valence-electron chi connectivity index (χ0n) is 40.2. The second-order valence-electron chi connectivity index (χ2n) is 17.9. The highest BCUT2D eigenvalue weighted by atomic mass is 32.1. The van der Waals surface area contributed by atoms with Gasteiger partial charge in [-0.3, -0.25) is 0 Å². The van der Waals surface area contributed by atoms with Crippen LogP contribution < -0.4 is 16.0 Å². The van der Waals surface area contributed by atoms with Gasteiger partial charge in [-0.25, -0.2) is 33.5 Å². The Kier molecular flexibility index (Phi) is 16.2. The fourth-order valence-electron chi connectivity index (χ4n) is 9.01. The number of anilines is 2. The number of thiazole rings is 2. The summed E-state index contributed by atoms with van der Waals surface area (Å²) >= 11 is 3.42. The van der Waals surface area contributed by atoms with Crippen molar-refractivity contribution >= 4 is 40.4 Å². The highest BCUT2D eigenvalue weighted by molar-refractivity contribution is 7.16. The van der Waals surface area contributed by atoms with Crippen LogP contribution in [-0.4, -0.2) is 63.7 Å². The van der Waals surface area contributed by atoms with Gasteiger partial charge in [-0.1, -0.05) is 60.7 Å². The summed E-state index contributed by atoms with van der Waals surface area (Å²) in [7, 11) is 0. The van der Waals surface area contributed by atoms with Crippen LogP contribution in [0.3, 0.4) is 0 Å². The maximum atomic E-state index is 13.7. The van der Waals surface area contributed by atoms with Crippen molar-refractivity contribution in [3.05, 3.63) is 179 Å². The maximum absolute atomic E-state index is 13.7. The molecule has 6 heterocycles. The molecule has 2 aliphatic rings. The van der Waals surface area contributed by atoms with Gasteiger partial charge in [0.05, 0.1) is 37.8 Å². The Balaban J connectivity index is 0.000000177. The van der Waals surface area contributed by atoms with Crippen molar-refractivity contribution < 1.29 is 18.3 Å². The summed E-state index contributed by atoms with van der Waals surface area (Å²) in [6.07, 6.45) is 7.23. The Morgan fingerprint density at radius 2 is 1.07 bits per heavy atom. The Morgan fingerprint density at radius 3 is 1.51 bits per heavy atom. The summed E-state index contributed by atoms with van der Waals surface area (Å²) < 4.78 is 32.5. The molecule has 0 spiro atoms. The molecule has 0 radical (unpaired) electrons. The van der Waals surface area contributed by atoms with Crippen LogP contribution in [0.1, 0.15) is 91.5 Å². The molecular formula is C57H58F2N8O2S2. The molecule has 8 aromatic rings. The summed E-state index contributed by atoms with van der Waals surface area (Å²) in [6, 6.07) is 42.1. The van der Waals surface area contributed by atoms with E-state index in [1.54, 1.807) is 45.9 Å². The van der Waals surface area contributed by atoms with E-state index >= 15 is 0 Å². The minimum Gasteiger partial charge on any atom is -0.450 e. The molecule has 10 nitrogen and oxygen atoms in total. The van der Waals surface area contributed by atoms with Gasteiger partial charge in [0, 0.05) is 60.5 Å². The standard InChI is InChI=1S/C30H31FN4O2S.C27H27FN4S/c1-3-37-30(36)35-17-14-23(15-18-35)29-34-27(22-9-11-25(31)12-10-22)28(38-29)24-13-16-32-26(19-24)33-20(2)21-7-5-4-6-8-21;1-18(19-5-3-2-4-6-19)31-24-17-22(13-16-30-24)26-25(20-7-9-23(28)10-8-20)32-27(33-26)21-11-14-29-15-12-21/h4-13,16,19-20,23H,3,14-15,17-18H2,1-2H3,(H,32,33);2-10,13,16-18,21,29H,11-12,14-15H2,1H3,(H,30,31)/t20-;18-/m00/s1. The van der Waals surface area contributed by atoms with E-state index in [2.05, 4.69) is 70.1 Å². The van der Waals surface area contributed by atoms with E-state index in [1.807, 2.05) is 79.9 Å². The number of ether oxygens (including phenoxy) is 1. The molecule has 0 unspecified atom stereocenters. The van der Waals surface area contributed by atoms with Gasteiger partial charge in [-0.05, 0) is 155 Å². The van der Waals surface area contributed by atoms with E-state index in [4.69, 9.17) is 14.7 Å². The molecular weight excluding hydrogens is 931 g/mol. The van der Waals surface area contributed by atoms with Crippen LogP contribution in [0, 0.1) is 11.6 Å². The SMILES string of the molecule is CCOC(=O)N1CCC(c2nc(-c3ccc(F)cc3)c(-c3ccnc(N[C@@H](C)c4ccccc4)c3)s2)CC1.C[C@H](Nc1cc(-c2sc(C3CCNCC3)nc2-c2ccc(F)cc2)ccn1)c1ccccc1. The molecule has 2 aliphatic heterocycles. The van der Waals surface area contributed by atoms with Crippen LogP contribution in [0.2, 0.25) is 0 Å². The van der Waals surface area contributed by atoms with Crippen molar-refractivity contribution in [2.24, 2.45) is 0 Å². The summed E-state index contributed by atoms with van der Waals surface area (Å²) in [5.41, 5.74) is 8.04. The molecule has 4 aromatic heterocycles. The quantitative estimate of drug-likeness (QED) is 0.104. The van der Waals surface area contributed by atoms with Crippen LogP contribution >= 0.6 is 22.7 Å². The fraction of sp³-hybridized carbons (Fsp3) is 0.281. The summed E-state index contributed by atoms with van der Waals surface area (Å²) in [4.78, 5) is 35.3. The third-order valence-corrected chi connectivity index (χ3v) is 15.5. The number of aromatic nitrogens is 4. The van der Waals surface area contributed by atoms with Gasteiger partial charge >= 0.3 is 6.09 Å². The van der Waals surface area contributed by atoms with Gasteiger partial charge in [0.1, 0.15) is 23.3 Å². The Morgan fingerprint density at radius 1 is 0.634 bits per heavy atom. The van der Waals surface area contributed by atoms with E-state index in [1.165, 1.54) is 35.4 Å². The number of carbonyl (C=O) groups excluding carboxylic acids is 1. The first kappa shape index (κ1) is 49.1. The van der Waals surface area contributed by atoms with Gasteiger partial charge in [-0.15, -0.1) is 22.7 Å². The van der Waals surface area contributed by atoms with E-state index in [9.17, 15) is 13.6 Å². The predicted octanol–water partition coefficient (Wildman–Crippen LogP) is 14.2. The first-order valence-electron chi connectivity index (χ1n) is 24.4. The average molecular weight is 989 g/mol. The number of pyridine rings is 2. The third kappa shape index (κ3) is 12.4. The number of rotatable bonds is 13. The number of halogens is 2. The van der Waals surface area contributed by atoms with Crippen LogP contribution in [-0.2, 0) is 4.74 Å². The van der Waals surface area contributed by atoms with Gasteiger partial charge < -0.3 is 25.6 Å². The van der Waals surface area contributed by atoms with Gasteiger partial charge in [0.15, 0.2) is 0 Å². The largest absolute Gasteiger partial charge is 0.450 e. The Labute approximate surface area is 422 Å². The zero-order valence-corrected chi connectivity index (χ0v) is 41.8. The van der Waals surface area contributed by atoms with Gasteiger partial charge in [-0.2, -0.15) is 0 Å². The van der Waals surface area contributed by atoms with Gasteiger partial charge in [0.2, 0.25) is 0 Å². The lowest BCUT2D eigenvalue weighted by molar-refractivity contribution is 0.0970. The molecule has 2 atom stereocenters. The molecule has 14 heteroatoms. The molecule has 71 heavy (non-hydrogen) atoms. The maximum Gasteiger partial charge on any atom is 0.409 e. The van der Waals surface area contributed by atoms with Crippen molar-refractivity contribution in [3.8, 4) is 43.4 Å². The number of nitrogens with zero attached hydrogens (tertiary/aromatic N) is 5. The van der Waals surface area contributed by atoms with Crippen molar-refractivity contribution in [2.45, 2.75) is 70.4 Å². The minimum atomic E-state index is -0.276. The lowest BCUT2D eigenvalue weighted by atomic mass is 9.98. The highest BCUT2D eigenvalue weighted by Gasteiger charge is 2.29. The molecule has 10 rings (SSSR count). The number of carbonyl (C=O) groups is 1. The lowest BCUT2D eigenvalue weighted by Crippen LogP contribution is -2.38. The number of nitrogens with one attached hydrogen (secondary N) is 3. The zero-order chi connectivity index (χ0) is 49.1. The number of piperidine rings is 2. The monoisotopic (exact) mass is 988 g/mol. The van der Waals surface area contributed by atoms with Crippen LogP contribution in [0.15, 0.2) is 146 Å². The molecule has 1 amide bonds. The third-order valence-electron chi connectivity index (χ3n) is 13.0. The van der Waals surface area contributed by atoms with E-state index in [0.29, 0.717) is 25.6 Å². The number of benzene rings is 4. The van der Waals surface area contributed by atoms with Gasteiger partial charge in [0.25, 0.3) is 0 Å². The minimum absolute atomic E-state index is 0.0946. The van der Waals surface area contributed by atoms with Crippen molar-refractivity contribution in [3.63, 3.8) is 0 Å². The highest BCUT2D eigenvalue weighted by Crippen LogP contribution is 2.44. The number of amides is 1. The molecule has 4 aromatic carbocycles. The Hall–Kier alpha value is -6.87. The van der Waals surface area contributed by atoms with Crippen molar-refractivity contribution in [2.75, 3.05) is 43.4 Å². The molecule has 0 aliphatic carbocycles. The van der Waals surface area contributed by atoms with Crippen LogP contribution in [0.25, 0.3) is 43.4 Å². The lowest BCUT2D eigenvalue weighted by Gasteiger charge is -2.30.